The van der Waals surface area contributed by atoms with Crippen molar-refractivity contribution in [1.29, 1.82) is 0 Å². The molecule has 0 saturated heterocycles. The first-order valence-corrected chi connectivity index (χ1v) is 9.57. The van der Waals surface area contributed by atoms with E-state index in [9.17, 15) is 22.4 Å². The summed E-state index contributed by atoms with van der Waals surface area (Å²) in [4.78, 5) is 20.1. The quantitative estimate of drug-likeness (QED) is 0.600. The molecule has 1 amide bonds. The number of nitrogens with one attached hydrogen (secondary N) is 2. The number of hydrogen-bond acceptors (Lipinski definition) is 5. The third-order valence-electron chi connectivity index (χ3n) is 5.06. The number of carbonyl (C=O) groups excluding carboxylic acids is 1. The molecule has 7 nitrogen and oxygen atoms in total. The van der Waals surface area contributed by atoms with Crippen molar-refractivity contribution in [3.05, 3.63) is 66.1 Å². The molecule has 2 aromatic heterocycles. The van der Waals surface area contributed by atoms with E-state index in [1.807, 2.05) is 0 Å². The molecule has 1 fully saturated rings. The molecule has 11 heteroatoms. The van der Waals surface area contributed by atoms with Gasteiger partial charge in [0.1, 0.15) is 11.6 Å². The summed E-state index contributed by atoms with van der Waals surface area (Å²) in [5, 5.41) is 10.0. The molecule has 162 valence electrons. The van der Waals surface area contributed by atoms with E-state index in [0.717, 1.165) is 18.7 Å². The van der Waals surface area contributed by atoms with Crippen LogP contribution in [0, 0.1) is 5.82 Å². The van der Waals surface area contributed by atoms with Crippen molar-refractivity contribution in [3.63, 3.8) is 0 Å². The molecule has 1 saturated carbocycles. The summed E-state index contributed by atoms with van der Waals surface area (Å²) in [5.41, 5.74) is -0.518. The van der Waals surface area contributed by atoms with Crippen LogP contribution in [0.15, 0.2) is 49.1 Å². The number of aromatic nitrogens is 4. The number of benzene rings is 1. The summed E-state index contributed by atoms with van der Waals surface area (Å²) >= 11 is 0. The van der Waals surface area contributed by atoms with Crippen LogP contribution < -0.4 is 10.6 Å². The first-order valence-electron chi connectivity index (χ1n) is 9.57. The van der Waals surface area contributed by atoms with Crippen LogP contribution in [0.2, 0.25) is 0 Å². The normalized spacial score (nSPS) is 18.7. The van der Waals surface area contributed by atoms with Gasteiger partial charge in [0.05, 0.1) is 23.6 Å². The number of hydrogen-bond donors (Lipinski definition) is 2. The topological polar surface area (TPSA) is 84.7 Å². The zero-order chi connectivity index (χ0) is 22.0. The number of nitrogens with zero attached hydrogens (tertiary/aromatic N) is 4. The minimum absolute atomic E-state index is 0.128. The number of rotatable bonds is 5. The Balaban J connectivity index is 1.48. The van der Waals surface area contributed by atoms with Gasteiger partial charge < -0.3 is 10.6 Å². The molecule has 0 bridgehead atoms. The van der Waals surface area contributed by atoms with Crippen molar-refractivity contribution in [2.45, 2.75) is 37.5 Å². The van der Waals surface area contributed by atoms with Crippen molar-refractivity contribution >= 4 is 11.7 Å². The maximum Gasteiger partial charge on any atom is 0.434 e. The second kappa shape index (κ2) is 8.32. The van der Waals surface area contributed by atoms with E-state index in [0.29, 0.717) is 24.7 Å². The van der Waals surface area contributed by atoms with Gasteiger partial charge in [-0.05, 0) is 43.5 Å². The lowest BCUT2D eigenvalue weighted by Gasteiger charge is -2.23. The average molecular weight is 434 g/mol. The van der Waals surface area contributed by atoms with Gasteiger partial charge in [-0.3, -0.25) is 4.79 Å². The maximum atomic E-state index is 13.8. The third kappa shape index (κ3) is 4.65. The maximum absolute atomic E-state index is 13.8. The summed E-state index contributed by atoms with van der Waals surface area (Å²) in [7, 11) is 0. The van der Waals surface area contributed by atoms with E-state index in [-0.39, 0.29) is 23.5 Å². The fraction of sp³-hybridized carbons (Fsp3) is 0.300. The second-order valence-electron chi connectivity index (χ2n) is 7.16. The molecule has 0 unspecified atom stereocenters. The van der Waals surface area contributed by atoms with Gasteiger partial charge in [0.25, 0.3) is 5.91 Å². The summed E-state index contributed by atoms with van der Waals surface area (Å²) in [6.07, 6.45) is 2.45. The molecule has 0 spiro atoms. The molecule has 3 aromatic rings. The number of anilines is 1. The van der Waals surface area contributed by atoms with E-state index in [2.05, 4.69) is 25.7 Å². The van der Waals surface area contributed by atoms with Gasteiger partial charge in [-0.1, -0.05) is 0 Å². The average Bonchev–Trinajstić information content (AvgIpc) is 3.40. The van der Waals surface area contributed by atoms with Crippen molar-refractivity contribution in [3.8, 4) is 5.69 Å². The van der Waals surface area contributed by atoms with Crippen molar-refractivity contribution < 1.29 is 22.4 Å². The van der Waals surface area contributed by atoms with Crippen LogP contribution >= 0.6 is 0 Å². The Morgan fingerprint density at radius 1 is 1.13 bits per heavy atom. The molecule has 0 aliphatic heterocycles. The van der Waals surface area contributed by atoms with E-state index in [4.69, 9.17) is 0 Å². The number of halogens is 4. The molecule has 2 atom stereocenters. The van der Waals surface area contributed by atoms with Gasteiger partial charge >= 0.3 is 6.18 Å². The highest BCUT2D eigenvalue weighted by Gasteiger charge is 2.33. The fourth-order valence-electron chi connectivity index (χ4n) is 3.59. The van der Waals surface area contributed by atoms with Gasteiger partial charge in [0.2, 0.25) is 0 Å². The Kier molecular flexibility index (Phi) is 5.57. The lowest BCUT2D eigenvalue weighted by atomic mass is 10.1. The Bertz CT molecular complexity index is 1050. The predicted octanol–water partition coefficient (Wildman–Crippen LogP) is 3.58. The molecular formula is C20H18F4N6O. The highest BCUT2D eigenvalue weighted by Crippen LogP contribution is 2.28. The molecule has 2 N–H and O–H groups in total. The van der Waals surface area contributed by atoms with Crippen molar-refractivity contribution in [2.75, 3.05) is 5.32 Å². The van der Waals surface area contributed by atoms with Crippen molar-refractivity contribution in [2.24, 2.45) is 0 Å². The molecule has 1 aromatic carbocycles. The van der Waals surface area contributed by atoms with Crippen LogP contribution in [0.25, 0.3) is 5.69 Å². The lowest BCUT2D eigenvalue weighted by molar-refractivity contribution is -0.141. The van der Waals surface area contributed by atoms with Crippen molar-refractivity contribution in [1.82, 2.24) is 25.1 Å². The first kappa shape index (κ1) is 20.8. The Morgan fingerprint density at radius 3 is 2.61 bits per heavy atom. The molecule has 1 aliphatic carbocycles. The zero-order valence-electron chi connectivity index (χ0n) is 16.1. The minimum Gasteiger partial charge on any atom is -0.364 e. The van der Waals surface area contributed by atoms with Gasteiger partial charge in [-0.15, -0.1) is 0 Å². The first-order chi connectivity index (χ1) is 14.8. The van der Waals surface area contributed by atoms with Crippen LogP contribution in [0.4, 0.5) is 23.4 Å². The van der Waals surface area contributed by atoms with E-state index in [1.165, 1.54) is 16.8 Å². The highest BCUT2D eigenvalue weighted by atomic mass is 19.4. The summed E-state index contributed by atoms with van der Waals surface area (Å²) in [6.45, 7) is 0. The molecular weight excluding hydrogens is 416 g/mol. The van der Waals surface area contributed by atoms with Crippen LogP contribution in [-0.4, -0.2) is 37.7 Å². The highest BCUT2D eigenvalue weighted by molar-refractivity contribution is 5.98. The lowest BCUT2D eigenvalue weighted by Crippen LogP contribution is -2.43. The van der Waals surface area contributed by atoms with E-state index >= 15 is 0 Å². The third-order valence-corrected chi connectivity index (χ3v) is 5.06. The van der Waals surface area contributed by atoms with Gasteiger partial charge in [-0.25, -0.2) is 19.0 Å². The van der Waals surface area contributed by atoms with Gasteiger partial charge in [0.15, 0.2) is 5.69 Å². The standard InChI is InChI=1S/C20H18F4N6O/c21-12-5-6-16(30-8-2-7-27-30)13(9-12)19(31)29-15-4-1-3-14(15)28-18-11-25-17(10-26-18)20(22,23)24/h2,5-11,14-15H,1,3-4H2,(H,26,28)(H,29,31)/t14-,15-/m0/s1. The smallest absolute Gasteiger partial charge is 0.364 e. The Labute approximate surface area is 174 Å². The SMILES string of the molecule is O=C(N[C@H]1CCC[C@@H]1Nc1cnc(C(F)(F)F)cn1)c1cc(F)ccc1-n1cccn1. The second-order valence-corrected chi connectivity index (χ2v) is 7.16. The summed E-state index contributed by atoms with van der Waals surface area (Å²) < 4.78 is 53.2. The minimum atomic E-state index is -4.56. The van der Waals surface area contributed by atoms with Crippen LogP contribution in [-0.2, 0) is 6.18 Å². The zero-order valence-corrected chi connectivity index (χ0v) is 16.1. The van der Waals surface area contributed by atoms with Crippen LogP contribution in [0.5, 0.6) is 0 Å². The van der Waals surface area contributed by atoms with Crippen LogP contribution in [0.3, 0.4) is 0 Å². The van der Waals surface area contributed by atoms with Crippen LogP contribution in [0.1, 0.15) is 35.3 Å². The van der Waals surface area contributed by atoms with E-state index in [1.54, 1.807) is 18.5 Å². The van der Waals surface area contributed by atoms with E-state index < -0.39 is 23.6 Å². The monoisotopic (exact) mass is 434 g/mol. The summed E-state index contributed by atoms with van der Waals surface area (Å²) in [5.74, 6) is -0.841. The predicted molar refractivity (Wildman–Crippen MR) is 103 cm³/mol. The van der Waals surface area contributed by atoms with Gasteiger partial charge in [-0.2, -0.15) is 18.3 Å². The molecule has 4 rings (SSSR count). The number of amides is 1. The molecule has 2 heterocycles. The fourth-order valence-corrected chi connectivity index (χ4v) is 3.59. The Hall–Kier alpha value is -3.50. The largest absolute Gasteiger partial charge is 0.434 e. The molecule has 31 heavy (non-hydrogen) atoms. The Morgan fingerprint density at radius 2 is 1.94 bits per heavy atom. The molecule has 0 radical (unpaired) electrons. The number of carbonyl (C=O) groups is 1. The van der Waals surface area contributed by atoms with Gasteiger partial charge in [0, 0.05) is 24.5 Å². The molecule has 1 aliphatic rings. The number of alkyl halides is 3. The summed E-state index contributed by atoms with van der Waals surface area (Å²) in [6, 6.07) is 4.98.